The normalized spacial score (nSPS) is 10.8. The SMILES string of the molecule is O=C(Nc1cc2cccc([N+](=O)[O-])c2oc1=O)c1cccc2ccccc12. The number of nitrogens with zero attached hydrogens (tertiary/aromatic N) is 1. The van der Waals surface area contributed by atoms with Gasteiger partial charge < -0.3 is 9.73 Å². The minimum atomic E-state index is -0.856. The molecular formula is C20H12N2O5. The number of carbonyl (C=O) groups is 1. The lowest BCUT2D eigenvalue weighted by atomic mass is 10.0. The van der Waals surface area contributed by atoms with Gasteiger partial charge in [0.15, 0.2) is 0 Å². The Morgan fingerprint density at radius 1 is 0.963 bits per heavy atom. The molecule has 4 aromatic rings. The van der Waals surface area contributed by atoms with E-state index in [4.69, 9.17) is 4.42 Å². The van der Waals surface area contributed by atoms with Crippen LogP contribution in [-0.4, -0.2) is 10.8 Å². The smallest absolute Gasteiger partial charge is 0.360 e. The average Bonchev–Trinajstić information content (AvgIpc) is 2.67. The molecular weight excluding hydrogens is 348 g/mol. The Labute approximate surface area is 152 Å². The number of hydrogen-bond acceptors (Lipinski definition) is 5. The molecule has 0 spiro atoms. The van der Waals surface area contributed by atoms with Crippen LogP contribution >= 0.6 is 0 Å². The van der Waals surface area contributed by atoms with Crippen LogP contribution in [0.3, 0.4) is 0 Å². The van der Waals surface area contributed by atoms with E-state index in [9.17, 15) is 19.7 Å². The van der Waals surface area contributed by atoms with E-state index in [0.717, 1.165) is 10.8 Å². The molecule has 0 fully saturated rings. The van der Waals surface area contributed by atoms with Crippen LogP contribution in [0.15, 0.2) is 75.9 Å². The second-order valence-electron chi connectivity index (χ2n) is 5.88. The van der Waals surface area contributed by atoms with E-state index in [1.807, 2.05) is 30.3 Å². The summed E-state index contributed by atoms with van der Waals surface area (Å²) in [5.41, 5.74) is -0.967. The first-order valence-corrected chi connectivity index (χ1v) is 8.05. The molecule has 0 bridgehead atoms. The molecule has 4 rings (SSSR count). The Morgan fingerprint density at radius 3 is 2.48 bits per heavy atom. The van der Waals surface area contributed by atoms with E-state index in [0.29, 0.717) is 10.9 Å². The zero-order valence-corrected chi connectivity index (χ0v) is 13.8. The molecule has 7 heteroatoms. The van der Waals surface area contributed by atoms with Crippen molar-refractivity contribution in [1.82, 2.24) is 0 Å². The molecule has 3 aromatic carbocycles. The number of hydrogen-bond donors (Lipinski definition) is 1. The second-order valence-corrected chi connectivity index (χ2v) is 5.88. The van der Waals surface area contributed by atoms with Crippen LogP contribution in [0.25, 0.3) is 21.7 Å². The van der Waals surface area contributed by atoms with Gasteiger partial charge in [0, 0.05) is 17.0 Å². The van der Waals surface area contributed by atoms with Crippen LogP contribution in [0.5, 0.6) is 0 Å². The molecule has 0 atom stereocenters. The fourth-order valence-electron chi connectivity index (χ4n) is 2.97. The molecule has 1 heterocycles. The summed E-state index contributed by atoms with van der Waals surface area (Å²) in [6, 6.07) is 18.4. The summed E-state index contributed by atoms with van der Waals surface area (Å²) in [6.45, 7) is 0. The molecule has 1 aromatic heterocycles. The Morgan fingerprint density at radius 2 is 1.67 bits per heavy atom. The third kappa shape index (κ3) is 2.91. The van der Waals surface area contributed by atoms with Crippen molar-refractivity contribution >= 4 is 39.0 Å². The first-order valence-electron chi connectivity index (χ1n) is 8.05. The predicted molar refractivity (Wildman–Crippen MR) is 101 cm³/mol. The van der Waals surface area contributed by atoms with Crippen LogP contribution in [0.4, 0.5) is 11.4 Å². The number of rotatable bonds is 3. The highest BCUT2D eigenvalue weighted by Crippen LogP contribution is 2.26. The first-order chi connectivity index (χ1) is 13.0. The highest BCUT2D eigenvalue weighted by atomic mass is 16.6. The van der Waals surface area contributed by atoms with Gasteiger partial charge in [0.1, 0.15) is 5.69 Å². The number of nitrogens with one attached hydrogen (secondary N) is 1. The molecule has 0 saturated heterocycles. The summed E-state index contributed by atoms with van der Waals surface area (Å²) in [6.07, 6.45) is 0. The molecule has 27 heavy (non-hydrogen) atoms. The largest absolute Gasteiger partial charge is 0.414 e. The van der Waals surface area contributed by atoms with Gasteiger partial charge in [-0.3, -0.25) is 14.9 Å². The minimum absolute atomic E-state index is 0.0825. The van der Waals surface area contributed by atoms with E-state index >= 15 is 0 Å². The monoisotopic (exact) mass is 360 g/mol. The third-order valence-electron chi connectivity index (χ3n) is 4.22. The standard InChI is InChI=1S/C20H12N2O5/c23-19(15-9-3-6-12-5-1-2-8-14(12)15)21-16-11-13-7-4-10-17(22(25)26)18(13)27-20(16)24/h1-11H,(H,21,23). The number of para-hydroxylation sites is 1. The topological polar surface area (TPSA) is 102 Å². The number of benzene rings is 3. The summed E-state index contributed by atoms with van der Waals surface area (Å²) in [7, 11) is 0. The first kappa shape index (κ1) is 16.5. The Kier molecular flexibility index (Phi) is 3.89. The van der Waals surface area contributed by atoms with Gasteiger partial charge in [-0.1, -0.05) is 48.5 Å². The van der Waals surface area contributed by atoms with Gasteiger partial charge in [0.25, 0.3) is 5.91 Å². The maximum absolute atomic E-state index is 12.7. The molecule has 0 aliphatic heterocycles. The number of fused-ring (bicyclic) bond motifs is 2. The number of carbonyl (C=O) groups excluding carboxylic acids is 1. The van der Waals surface area contributed by atoms with Crippen LogP contribution in [0.2, 0.25) is 0 Å². The van der Waals surface area contributed by atoms with E-state index in [1.54, 1.807) is 18.2 Å². The molecule has 0 aliphatic carbocycles. The van der Waals surface area contributed by atoms with Gasteiger partial charge in [-0.05, 0) is 22.9 Å². The molecule has 0 unspecified atom stereocenters. The van der Waals surface area contributed by atoms with E-state index in [2.05, 4.69) is 5.32 Å². The van der Waals surface area contributed by atoms with Gasteiger partial charge in [0.05, 0.1) is 4.92 Å². The fourth-order valence-corrected chi connectivity index (χ4v) is 2.97. The molecule has 7 nitrogen and oxygen atoms in total. The van der Waals surface area contributed by atoms with Crippen LogP contribution in [0.1, 0.15) is 10.4 Å². The van der Waals surface area contributed by atoms with Gasteiger partial charge >= 0.3 is 11.3 Å². The Hall–Kier alpha value is -4.00. The number of nitro benzene ring substituents is 1. The van der Waals surface area contributed by atoms with Crippen molar-refractivity contribution < 1.29 is 14.1 Å². The minimum Gasteiger partial charge on any atom is -0.414 e. The fraction of sp³-hybridized carbons (Fsp3) is 0. The number of nitro groups is 1. The molecule has 0 saturated carbocycles. The second kappa shape index (κ2) is 6.38. The summed E-state index contributed by atoms with van der Waals surface area (Å²) in [5.74, 6) is -0.469. The maximum Gasteiger partial charge on any atom is 0.360 e. The molecule has 1 amide bonds. The maximum atomic E-state index is 12.7. The molecule has 0 radical (unpaired) electrons. The van der Waals surface area contributed by atoms with Crippen LogP contribution < -0.4 is 10.9 Å². The van der Waals surface area contributed by atoms with Crippen molar-refractivity contribution in [2.75, 3.05) is 5.32 Å². The third-order valence-corrected chi connectivity index (χ3v) is 4.22. The molecule has 0 aliphatic rings. The Balaban J connectivity index is 1.77. The van der Waals surface area contributed by atoms with Gasteiger partial charge in [-0.15, -0.1) is 0 Å². The average molecular weight is 360 g/mol. The lowest BCUT2D eigenvalue weighted by Gasteiger charge is -2.08. The molecule has 1 N–H and O–H groups in total. The summed E-state index contributed by atoms with van der Waals surface area (Å²) < 4.78 is 5.10. The number of amides is 1. The van der Waals surface area contributed by atoms with Gasteiger partial charge in [-0.2, -0.15) is 0 Å². The van der Waals surface area contributed by atoms with E-state index in [-0.39, 0.29) is 17.0 Å². The highest BCUT2D eigenvalue weighted by molar-refractivity contribution is 6.13. The Bertz CT molecular complexity index is 1270. The molecule has 132 valence electrons. The summed E-state index contributed by atoms with van der Waals surface area (Å²) in [5, 5.41) is 15.6. The summed E-state index contributed by atoms with van der Waals surface area (Å²) >= 11 is 0. The van der Waals surface area contributed by atoms with Crippen molar-refractivity contribution in [2.45, 2.75) is 0 Å². The number of anilines is 1. The van der Waals surface area contributed by atoms with Crippen molar-refractivity contribution in [1.29, 1.82) is 0 Å². The lowest BCUT2D eigenvalue weighted by Crippen LogP contribution is -2.18. The zero-order chi connectivity index (χ0) is 19.0. The summed E-state index contributed by atoms with van der Waals surface area (Å²) in [4.78, 5) is 35.4. The van der Waals surface area contributed by atoms with E-state index < -0.39 is 16.5 Å². The highest BCUT2D eigenvalue weighted by Gasteiger charge is 2.18. The van der Waals surface area contributed by atoms with Crippen molar-refractivity contribution in [2.24, 2.45) is 0 Å². The predicted octanol–water partition coefficient (Wildman–Crippen LogP) is 4.11. The van der Waals surface area contributed by atoms with Crippen LogP contribution in [0, 0.1) is 10.1 Å². The van der Waals surface area contributed by atoms with Crippen molar-refractivity contribution in [3.63, 3.8) is 0 Å². The lowest BCUT2D eigenvalue weighted by molar-refractivity contribution is -0.383. The van der Waals surface area contributed by atoms with Crippen molar-refractivity contribution in [3.05, 3.63) is 92.8 Å². The van der Waals surface area contributed by atoms with Gasteiger partial charge in [-0.25, -0.2) is 4.79 Å². The van der Waals surface area contributed by atoms with Crippen molar-refractivity contribution in [3.8, 4) is 0 Å². The van der Waals surface area contributed by atoms with Gasteiger partial charge in [0.2, 0.25) is 5.58 Å². The zero-order valence-electron chi connectivity index (χ0n) is 13.8. The quantitative estimate of drug-likeness (QED) is 0.336. The number of non-ortho nitro benzene ring substituents is 1. The van der Waals surface area contributed by atoms with E-state index in [1.165, 1.54) is 18.2 Å². The van der Waals surface area contributed by atoms with Crippen LogP contribution in [-0.2, 0) is 0 Å².